The van der Waals surface area contributed by atoms with Crippen molar-refractivity contribution in [3.63, 3.8) is 0 Å². The Hall–Kier alpha value is -2.01. The Morgan fingerprint density at radius 3 is 2.81 bits per heavy atom. The summed E-state index contributed by atoms with van der Waals surface area (Å²) in [4.78, 5) is 28.2. The van der Waals surface area contributed by atoms with Gasteiger partial charge in [0.25, 0.3) is 0 Å². The fourth-order valence-electron chi connectivity index (χ4n) is 1.78. The molecule has 1 aliphatic rings. The third-order valence-electron chi connectivity index (χ3n) is 2.50. The van der Waals surface area contributed by atoms with Crippen LogP contribution in [0.4, 0.5) is 0 Å². The van der Waals surface area contributed by atoms with E-state index >= 15 is 0 Å². The van der Waals surface area contributed by atoms with Gasteiger partial charge in [-0.05, 0) is 12.1 Å². The largest absolute Gasteiger partial charge is 0.507 e. The van der Waals surface area contributed by atoms with Crippen LogP contribution in [0.3, 0.4) is 0 Å². The molecule has 1 N–H and O–H groups in total. The van der Waals surface area contributed by atoms with Gasteiger partial charge in [0.1, 0.15) is 16.3 Å². The first-order chi connectivity index (χ1) is 7.70. The molecule has 0 unspecified atom stereocenters. The predicted octanol–water partition coefficient (Wildman–Crippen LogP) is 1.62. The second kappa shape index (κ2) is 2.99. The predicted molar refractivity (Wildman–Crippen MR) is 57.1 cm³/mol. The molecule has 0 atom stereocenters. The number of phenols is 1. The normalized spacial score (nSPS) is 13.5. The van der Waals surface area contributed by atoms with Gasteiger partial charge in [0.15, 0.2) is 0 Å². The first-order valence-electron chi connectivity index (χ1n) is 4.55. The molecule has 1 aromatic heterocycles. The first-order valence-corrected chi connectivity index (χ1v) is 5.43. The average Bonchev–Trinajstić information content (AvgIpc) is 2.75. The van der Waals surface area contributed by atoms with Crippen LogP contribution in [-0.2, 0) is 0 Å². The van der Waals surface area contributed by atoms with Gasteiger partial charge in [0, 0.05) is 5.56 Å². The van der Waals surface area contributed by atoms with Gasteiger partial charge in [-0.2, -0.15) is 0 Å². The second-order valence-corrected chi connectivity index (χ2v) is 4.24. The summed E-state index contributed by atoms with van der Waals surface area (Å²) in [6, 6.07) is 4.48. The number of nitrogens with zero attached hydrogens (tertiary/aromatic N) is 1. The maximum Gasteiger partial charge on any atom is 0.217 e. The number of phenolic OH excluding ortho intramolecular Hbond substituents is 1. The van der Waals surface area contributed by atoms with Crippen molar-refractivity contribution in [3.05, 3.63) is 45.4 Å². The Morgan fingerprint density at radius 1 is 1.19 bits per heavy atom. The third kappa shape index (κ3) is 1.00. The number of rotatable bonds is 0. The minimum Gasteiger partial charge on any atom is -0.507 e. The molecular weight excluding hydrogens is 226 g/mol. The van der Waals surface area contributed by atoms with E-state index in [2.05, 4.69) is 4.98 Å². The Labute approximate surface area is 94.2 Å². The van der Waals surface area contributed by atoms with Crippen LogP contribution in [-0.4, -0.2) is 21.7 Å². The second-order valence-electron chi connectivity index (χ2n) is 3.39. The molecule has 0 amide bonds. The smallest absolute Gasteiger partial charge is 0.217 e. The third-order valence-corrected chi connectivity index (χ3v) is 3.33. The molecular formula is C11H5NO3S. The highest BCUT2D eigenvalue weighted by molar-refractivity contribution is 7.12. The molecule has 0 fully saturated rings. The number of hydrogen-bond donors (Lipinski definition) is 1. The summed E-state index contributed by atoms with van der Waals surface area (Å²) < 4.78 is 0. The van der Waals surface area contributed by atoms with Crippen molar-refractivity contribution in [2.24, 2.45) is 0 Å². The maximum absolute atomic E-state index is 12.0. The SMILES string of the molecule is O=C1c2cccc(O)c2C(=O)c2ncsc21. The van der Waals surface area contributed by atoms with Crippen molar-refractivity contribution in [1.82, 2.24) is 4.98 Å². The number of aromatic hydroxyl groups is 1. The highest BCUT2D eigenvalue weighted by Gasteiger charge is 2.33. The monoisotopic (exact) mass is 231 g/mol. The van der Waals surface area contributed by atoms with Crippen molar-refractivity contribution in [2.75, 3.05) is 0 Å². The number of benzene rings is 1. The Bertz CT molecular complexity index is 630. The minimum absolute atomic E-state index is 0.0610. The topological polar surface area (TPSA) is 67.3 Å². The van der Waals surface area contributed by atoms with Gasteiger partial charge in [-0.1, -0.05) is 6.07 Å². The lowest BCUT2D eigenvalue weighted by Gasteiger charge is -2.13. The summed E-state index contributed by atoms with van der Waals surface area (Å²) in [5.74, 6) is -0.804. The molecule has 1 aliphatic carbocycles. The summed E-state index contributed by atoms with van der Waals surface area (Å²) in [7, 11) is 0. The summed E-state index contributed by atoms with van der Waals surface area (Å²) in [6.45, 7) is 0. The van der Waals surface area contributed by atoms with Crippen LogP contribution in [0, 0.1) is 0 Å². The lowest BCUT2D eigenvalue weighted by atomic mass is 9.91. The minimum atomic E-state index is -0.385. The molecule has 1 heterocycles. The zero-order valence-corrected chi connectivity index (χ0v) is 8.75. The van der Waals surface area contributed by atoms with E-state index in [1.165, 1.54) is 17.6 Å². The van der Waals surface area contributed by atoms with Gasteiger partial charge in [-0.15, -0.1) is 11.3 Å². The van der Waals surface area contributed by atoms with Crippen LogP contribution in [0.5, 0.6) is 5.75 Å². The molecule has 0 radical (unpaired) electrons. The van der Waals surface area contributed by atoms with E-state index in [0.717, 1.165) is 11.3 Å². The Balaban J connectivity index is 2.38. The summed E-state index contributed by atoms with van der Waals surface area (Å²) in [5.41, 5.74) is 1.92. The summed E-state index contributed by atoms with van der Waals surface area (Å²) in [5, 5.41) is 9.61. The lowest BCUT2D eigenvalue weighted by molar-refractivity contribution is 0.0976. The molecule has 0 saturated carbocycles. The van der Waals surface area contributed by atoms with E-state index < -0.39 is 0 Å². The number of fused-ring (bicyclic) bond motifs is 2. The van der Waals surface area contributed by atoms with Crippen LogP contribution in [0.2, 0.25) is 0 Å². The van der Waals surface area contributed by atoms with Crippen molar-refractivity contribution in [1.29, 1.82) is 0 Å². The average molecular weight is 231 g/mol. The highest BCUT2D eigenvalue weighted by atomic mass is 32.1. The molecule has 0 saturated heterocycles. The molecule has 1 aromatic carbocycles. The summed E-state index contributed by atoms with van der Waals surface area (Å²) in [6.07, 6.45) is 0. The van der Waals surface area contributed by atoms with Crippen molar-refractivity contribution < 1.29 is 14.7 Å². The quantitative estimate of drug-likeness (QED) is 0.638. The van der Waals surface area contributed by atoms with Crippen LogP contribution < -0.4 is 0 Å². The van der Waals surface area contributed by atoms with Crippen LogP contribution in [0.15, 0.2) is 23.7 Å². The first kappa shape index (κ1) is 9.23. The number of carbonyl (C=O) groups excluding carboxylic acids is 2. The Morgan fingerprint density at radius 2 is 2.00 bits per heavy atom. The molecule has 4 nitrogen and oxygen atoms in total. The van der Waals surface area contributed by atoms with Gasteiger partial charge < -0.3 is 5.11 Å². The van der Waals surface area contributed by atoms with Gasteiger partial charge in [0.2, 0.25) is 11.6 Å². The van der Waals surface area contributed by atoms with Crippen molar-refractivity contribution in [2.45, 2.75) is 0 Å². The molecule has 2 aromatic rings. The number of ketones is 2. The van der Waals surface area contributed by atoms with Gasteiger partial charge in [-0.25, -0.2) is 4.98 Å². The van der Waals surface area contributed by atoms with E-state index in [0.29, 0.717) is 4.88 Å². The van der Waals surface area contributed by atoms with Crippen molar-refractivity contribution in [3.8, 4) is 5.75 Å². The van der Waals surface area contributed by atoms with Crippen LogP contribution >= 0.6 is 11.3 Å². The molecule has 0 spiro atoms. The fourth-order valence-corrected chi connectivity index (χ4v) is 2.52. The van der Waals surface area contributed by atoms with Crippen LogP contribution in [0.1, 0.15) is 31.3 Å². The van der Waals surface area contributed by atoms with E-state index in [-0.39, 0.29) is 34.1 Å². The molecule has 16 heavy (non-hydrogen) atoms. The molecule has 0 bridgehead atoms. The van der Waals surface area contributed by atoms with Gasteiger partial charge in [0.05, 0.1) is 11.1 Å². The zero-order chi connectivity index (χ0) is 11.3. The van der Waals surface area contributed by atoms with Gasteiger partial charge >= 0.3 is 0 Å². The van der Waals surface area contributed by atoms with Crippen molar-refractivity contribution >= 4 is 22.9 Å². The Kier molecular flexibility index (Phi) is 1.73. The highest BCUT2D eigenvalue weighted by Crippen LogP contribution is 2.33. The number of hydrogen-bond acceptors (Lipinski definition) is 5. The molecule has 78 valence electrons. The van der Waals surface area contributed by atoms with E-state index in [9.17, 15) is 14.7 Å². The lowest BCUT2D eigenvalue weighted by Crippen LogP contribution is -2.19. The molecule has 0 aliphatic heterocycles. The number of carbonyl (C=O) groups is 2. The zero-order valence-electron chi connectivity index (χ0n) is 7.93. The van der Waals surface area contributed by atoms with Gasteiger partial charge in [-0.3, -0.25) is 9.59 Å². The standard InChI is InChI=1S/C11H5NO3S/c13-6-3-1-2-5-7(6)10(15)8-11(9(5)14)16-4-12-8/h1-4,13H. The maximum atomic E-state index is 12.0. The number of thiazole rings is 1. The number of aromatic nitrogens is 1. The molecule has 3 rings (SSSR count). The van der Waals surface area contributed by atoms with E-state index in [1.54, 1.807) is 6.07 Å². The summed E-state index contributed by atoms with van der Waals surface area (Å²) >= 11 is 1.14. The molecule has 5 heteroatoms. The van der Waals surface area contributed by atoms with E-state index in [1.807, 2.05) is 0 Å². The fraction of sp³-hybridized carbons (Fsp3) is 0. The van der Waals surface area contributed by atoms with E-state index in [4.69, 9.17) is 0 Å². The van der Waals surface area contributed by atoms with Crippen LogP contribution in [0.25, 0.3) is 0 Å².